The van der Waals surface area contributed by atoms with E-state index in [1.807, 2.05) is 54.7 Å². The predicted molar refractivity (Wildman–Crippen MR) is 236 cm³/mol. The van der Waals surface area contributed by atoms with E-state index in [1.54, 1.807) is 6.08 Å². The van der Waals surface area contributed by atoms with Gasteiger partial charge >= 0.3 is 25.7 Å². The Balaban J connectivity index is 4.64. The van der Waals surface area contributed by atoms with Crippen molar-refractivity contribution in [1.82, 2.24) is 0 Å². The number of hydrogen-bond donors (Lipinski definition) is 4. The SMILES string of the molecule is CC/C=C\C/C=C\C/C=C\C/C=C\CCCCC(=O)O[C@H](COC(=O)CC/C=C\C/C=C\C/C=C\C/C=C/C=C/C(O)C/C=C\CC)COP(=O)(O)OC[C@H](N)C(=O)O. The molecule has 0 radical (unpaired) electrons. The highest BCUT2D eigenvalue weighted by Gasteiger charge is 2.28. The average molecular weight is 844 g/mol. The van der Waals surface area contributed by atoms with Crippen LogP contribution in [0.3, 0.4) is 0 Å². The van der Waals surface area contributed by atoms with Gasteiger partial charge in [-0.15, -0.1) is 0 Å². The number of carboxylic acids is 1. The van der Waals surface area contributed by atoms with Crippen LogP contribution in [-0.2, 0) is 37.5 Å². The second-order valence-corrected chi connectivity index (χ2v) is 14.7. The number of allylic oxidation sites excluding steroid dienone is 18. The molecular weight excluding hydrogens is 773 g/mol. The van der Waals surface area contributed by atoms with Crippen LogP contribution in [-0.4, -0.2) is 71.1 Å². The van der Waals surface area contributed by atoms with Crippen molar-refractivity contribution in [1.29, 1.82) is 0 Å². The molecule has 0 aliphatic carbocycles. The number of carbonyl (C=O) groups excluding carboxylic acids is 2. The molecule has 0 aromatic rings. The number of carboxylic acid groups (broad SMARTS) is 1. The van der Waals surface area contributed by atoms with E-state index in [9.17, 15) is 28.9 Å². The molecule has 0 aliphatic rings. The number of phosphoric ester groups is 1. The fraction of sp³-hybridized carbons (Fsp3) is 0.500. The van der Waals surface area contributed by atoms with Gasteiger partial charge in [-0.05, 0) is 83.5 Å². The third kappa shape index (κ3) is 39.1. The number of aliphatic hydroxyl groups excluding tert-OH is 1. The first-order chi connectivity index (χ1) is 28.5. The van der Waals surface area contributed by atoms with Crippen LogP contribution in [0.2, 0.25) is 0 Å². The first-order valence-electron chi connectivity index (χ1n) is 20.7. The minimum Gasteiger partial charge on any atom is -0.480 e. The lowest BCUT2D eigenvalue weighted by Crippen LogP contribution is -2.34. The lowest BCUT2D eigenvalue weighted by atomic mass is 10.2. The van der Waals surface area contributed by atoms with Gasteiger partial charge in [0.15, 0.2) is 6.10 Å². The summed E-state index contributed by atoms with van der Waals surface area (Å²) in [7, 11) is -4.76. The number of nitrogens with two attached hydrogens (primary N) is 1. The van der Waals surface area contributed by atoms with E-state index in [-0.39, 0.29) is 12.8 Å². The summed E-state index contributed by atoms with van der Waals surface area (Å²) in [5, 5.41) is 18.7. The normalized spacial score (nSPS) is 15.5. The van der Waals surface area contributed by atoms with Crippen LogP contribution in [0, 0.1) is 0 Å². The number of phosphoric acid groups is 1. The van der Waals surface area contributed by atoms with E-state index in [0.29, 0.717) is 25.7 Å². The summed E-state index contributed by atoms with van der Waals surface area (Å²) >= 11 is 0. The highest BCUT2D eigenvalue weighted by molar-refractivity contribution is 7.47. The Bertz CT molecular complexity index is 1470. The Morgan fingerprint density at radius 3 is 1.69 bits per heavy atom. The molecule has 0 aliphatic heterocycles. The molecular formula is C46H70NO11P. The second-order valence-electron chi connectivity index (χ2n) is 13.2. The van der Waals surface area contributed by atoms with Gasteiger partial charge in [0.1, 0.15) is 12.6 Å². The molecule has 0 heterocycles. The zero-order valence-electron chi connectivity index (χ0n) is 35.1. The van der Waals surface area contributed by atoms with Crippen molar-refractivity contribution in [2.24, 2.45) is 5.73 Å². The Kier molecular flexibility index (Phi) is 36.5. The van der Waals surface area contributed by atoms with Gasteiger partial charge in [-0.2, -0.15) is 0 Å². The van der Waals surface area contributed by atoms with Gasteiger partial charge in [0.05, 0.1) is 19.3 Å². The van der Waals surface area contributed by atoms with E-state index in [2.05, 4.69) is 79.1 Å². The Labute approximate surface area is 352 Å². The first-order valence-corrected chi connectivity index (χ1v) is 22.2. The molecule has 0 fully saturated rings. The Morgan fingerprint density at radius 2 is 1.12 bits per heavy atom. The van der Waals surface area contributed by atoms with Crippen LogP contribution in [0.25, 0.3) is 0 Å². The summed E-state index contributed by atoms with van der Waals surface area (Å²) < 4.78 is 32.5. The molecule has 4 atom stereocenters. The Morgan fingerprint density at radius 1 is 0.610 bits per heavy atom. The van der Waals surface area contributed by atoms with Gasteiger partial charge < -0.3 is 30.3 Å². The van der Waals surface area contributed by atoms with Crippen molar-refractivity contribution in [2.75, 3.05) is 19.8 Å². The molecule has 13 heteroatoms. The van der Waals surface area contributed by atoms with Gasteiger partial charge in [-0.1, -0.05) is 135 Å². The average Bonchev–Trinajstić information content (AvgIpc) is 3.20. The minimum absolute atomic E-state index is 0.0635. The molecule has 0 spiro atoms. The van der Waals surface area contributed by atoms with E-state index < -0.39 is 63.8 Å². The maximum atomic E-state index is 12.6. The molecule has 5 N–H and O–H groups in total. The smallest absolute Gasteiger partial charge is 0.472 e. The van der Waals surface area contributed by atoms with Crippen molar-refractivity contribution < 1.29 is 52.6 Å². The minimum atomic E-state index is -4.76. The van der Waals surface area contributed by atoms with Gasteiger partial charge in [-0.3, -0.25) is 23.4 Å². The number of carbonyl (C=O) groups is 3. The third-order valence-corrected chi connectivity index (χ3v) is 8.75. The number of unbranched alkanes of at least 4 members (excludes halogenated alkanes) is 2. The quantitative estimate of drug-likeness (QED) is 0.0154. The van der Waals surface area contributed by atoms with E-state index in [1.165, 1.54) is 0 Å². The lowest BCUT2D eigenvalue weighted by molar-refractivity contribution is -0.161. The molecule has 330 valence electrons. The maximum absolute atomic E-state index is 12.6. The highest BCUT2D eigenvalue weighted by atomic mass is 31.2. The fourth-order valence-electron chi connectivity index (χ4n) is 4.57. The largest absolute Gasteiger partial charge is 0.480 e. The summed E-state index contributed by atoms with van der Waals surface area (Å²) in [6, 6.07) is -1.55. The number of aliphatic carboxylic acids is 1. The number of hydrogen-bond acceptors (Lipinski definition) is 10. The van der Waals surface area contributed by atoms with Crippen molar-refractivity contribution in [3.8, 4) is 0 Å². The van der Waals surface area contributed by atoms with Gasteiger partial charge in [0, 0.05) is 12.8 Å². The molecule has 0 aromatic heterocycles. The monoisotopic (exact) mass is 843 g/mol. The van der Waals surface area contributed by atoms with Crippen LogP contribution in [0.4, 0.5) is 0 Å². The van der Waals surface area contributed by atoms with E-state index in [0.717, 1.165) is 57.8 Å². The molecule has 0 aromatic carbocycles. The van der Waals surface area contributed by atoms with Crippen LogP contribution in [0.1, 0.15) is 110 Å². The van der Waals surface area contributed by atoms with Crippen molar-refractivity contribution in [3.63, 3.8) is 0 Å². The van der Waals surface area contributed by atoms with Crippen LogP contribution < -0.4 is 5.73 Å². The number of rotatable bonds is 36. The maximum Gasteiger partial charge on any atom is 0.472 e. The molecule has 2 unspecified atom stereocenters. The lowest BCUT2D eigenvalue weighted by Gasteiger charge is -2.20. The fourth-order valence-corrected chi connectivity index (χ4v) is 5.35. The highest BCUT2D eigenvalue weighted by Crippen LogP contribution is 2.43. The summed E-state index contributed by atoms with van der Waals surface area (Å²) in [5.74, 6) is -2.59. The molecule has 0 amide bonds. The standard InChI is InChI=1S/C46H70NO11P/c1-3-5-7-8-9-10-11-12-13-16-20-23-26-29-33-37-45(50)58-42(39-56-59(53,54)57-40-43(47)46(51)52)38-55-44(49)36-32-28-25-22-19-17-14-15-18-21-24-27-31-35-41(48)34-30-6-4-2/h5-7,9-10,12-13,15,17-20,23-25,27-28,30-31,35,41-43,48H,3-4,8,11,14,16,21-22,26,29,32-34,36-40,47H2,1-2H3,(H,51,52)(H,53,54)/b7-5-,10-9-,13-12-,18-15-,19-17-,23-20-,27-24+,28-25-,30-6-,35-31+/t41?,42-,43+/m1/s1. The predicted octanol–water partition coefficient (Wildman–Crippen LogP) is 9.80. The number of ether oxygens (including phenoxy) is 2. The summed E-state index contributed by atoms with van der Waals surface area (Å²) in [5.41, 5.74) is 5.31. The number of esters is 2. The Hall–Kier alpha value is -4.16. The molecule has 0 rings (SSSR count). The molecule has 0 bridgehead atoms. The zero-order valence-corrected chi connectivity index (χ0v) is 36.0. The third-order valence-electron chi connectivity index (χ3n) is 7.80. The topological polar surface area (TPSA) is 192 Å². The van der Waals surface area contributed by atoms with Crippen molar-refractivity contribution in [3.05, 3.63) is 122 Å². The zero-order chi connectivity index (χ0) is 43.7. The van der Waals surface area contributed by atoms with Gasteiger partial charge in [0.2, 0.25) is 0 Å². The van der Waals surface area contributed by atoms with Crippen molar-refractivity contribution >= 4 is 25.7 Å². The van der Waals surface area contributed by atoms with Crippen LogP contribution in [0.5, 0.6) is 0 Å². The summed E-state index contributed by atoms with van der Waals surface area (Å²) in [4.78, 5) is 45.9. The second kappa shape index (κ2) is 39.3. The summed E-state index contributed by atoms with van der Waals surface area (Å²) in [6.07, 6.45) is 49.0. The van der Waals surface area contributed by atoms with Crippen molar-refractivity contribution in [2.45, 2.75) is 128 Å². The molecule has 59 heavy (non-hydrogen) atoms. The molecule has 0 saturated carbocycles. The van der Waals surface area contributed by atoms with E-state index >= 15 is 0 Å². The van der Waals surface area contributed by atoms with Crippen LogP contribution >= 0.6 is 7.82 Å². The first kappa shape index (κ1) is 54.8. The molecule has 12 nitrogen and oxygen atoms in total. The number of aliphatic hydroxyl groups is 1. The van der Waals surface area contributed by atoms with Gasteiger partial charge in [-0.25, -0.2) is 4.57 Å². The summed E-state index contributed by atoms with van der Waals surface area (Å²) in [6.45, 7) is 2.31. The van der Waals surface area contributed by atoms with Gasteiger partial charge in [0.25, 0.3) is 0 Å². The van der Waals surface area contributed by atoms with E-state index in [4.69, 9.17) is 24.8 Å². The van der Waals surface area contributed by atoms with Crippen LogP contribution in [0.15, 0.2) is 122 Å². The molecule has 0 saturated heterocycles.